The number of benzene rings is 1. The predicted molar refractivity (Wildman–Crippen MR) is 66.9 cm³/mol. The molecule has 2 rings (SSSR count). The van der Waals surface area contributed by atoms with Crippen LogP contribution in [0.15, 0.2) is 29.8 Å². The molecule has 0 bridgehead atoms. The molecule has 2 unspecified atom stereocenters. The third-order valence-electron chi connectivity index (χ3n) is 3.32. The number of carbonyl (C=O) groups excluding carboxylic acids is 3. The second kappa shape index (κ2) is 5.36. The molecule has 1 aliphatic rings. The summed E-state index contributed by atoms with van der Waals surface area (Å²) in [7, 11) is 2.58. The van der Waals surface area contributed by atoms with Gasteiger partial charge in [-0.25, -0.2) is 9.18 Å². The summed E-state index contributed by atoms with van der Waals surface area (Å²) in [6, 6.07) is 5.21. The molecule has 0 radical (unpaired) electrons. The molecule has 0 aliphatic carbocycles. The third-order valence-corrected chi connectivity index (χ3v) is 3.32. The smallest absolute Gasteiger partial charge is 0.268 e. The molecular weight excluding hydrogens is 265 g/mol. The summed E-state index contributed by atoms with van der Waals surface area (Å²) in [5.41, 5.74) is 0.247. The lowest BCUT2D eigenvalue weighted by Crippen LogP contribution is -2.51. The predicted octanol–water partition coefficient (Wildman–Crippen LogP) is 0.681. The summed E-state index contributed by atoms with van der Waals surface area (Å²) >= 11 is 0. The van der Waals surface area contributed by atoms with E-state index in [4.69, 9.17) is 4.74 Å². The topological polar surface area (TPSA) is 63.7 Å². The summed E-state index contributed by atoms with van der Waals surface area (Å²) in [5, 5.41) is 0. The van der Waals surface area contributed by atoms with E-state index < -0.39 is 29.7 Å². The summed E-state index contributed by atoms with van der Waals surface area (Å²) in [4.78, 5) is 35.9. The van der Waals surface area contributed by atoms with Crippen molar-refractivity contribution in [2.75, 3.05) is 14.2 Å². The normalized spacial score (nSPS) is 22.9. The number of imide groups is 1. The van der Waals surface area contributed by atoms with Crippen LogP contribution in [0, 0.1) is 5.82 Å². The van der Waals surface area contributed by atoms with Crippen LogP contribution in [0.2, 0.25) is 0 Å². The van der Waals surface area contributed by atoms with Crippen molar-refractivity contribution < 1.29 is 23.5 Å². The van der Waals surface area contributed by atoms with Gasteiger partial charge in [0.15, 0.2) is 0 Å². The number of likely N-dealkylation sites (tertiary alicyclic amines) is 1. The molecule has 1 fully saturated rings. The van der Waals surface area contributed by atoms with Gasteiger partial charge < -0.3 is 4.74 Å². The number of halogens is 1. The molecule has 2 atom stereocenters. The summed E-state index contributed by atoms with van der Waals surface area (Å²) in [6.07, 6.45) is -1.01. The van der Waals surface area contributed by atoms with Gasteiger partial charge in [-0.05, 0) is 17.7 Å². The fourth-order valence-corrected chi connectivity index (χ4v) is 2.25. The highest BCUT2D eigenvalue weighted by molar-refractivity contribution is 6.14. The van der Waals surface area contributed by atoms with E-state index in [1.165, 1.54) is 38.4 Å². The third kappa shape index (κ3) is 2.15. The van der Waals surface area contributed by atoms with Gasteiger partial charge in [0.05, 0.1) is 5.92 Å². The van der Waals surface area contributed by atoms with E-state index in [9.17, 15) is 18.8 Å². The Labute approximate surface area is 114 Å². The number of amides is 2. The van der Waals surface area contributed by atoms with E-state index in [1.54, 1.807) is 5.94 Å². The fourth-order valence-electron chi connectivity index (χ4n) is 2.25. The van der Waals surface area contributed by atoms with Crippen LogP contribution in [-0.2, 0) is 19.1 Å². The highest BCUT2D eigenvalue weighted by Crippen LogP contribution is 2.34. The molecule has 1 saturated heterocycles. The quantitative estimate of drug-likeness (QED) is 0.453. The first kappa shape index (κ1) is 14.1. The maximum Gasteiger partial charge on any atom is 0.268 e. The van der Waals surface area contributed by atoms with E-state index in [0.29, 0.717) is 5.56 Å². The molecule has 0 N–H and O–H groups in total. The Morgan fingerprint density at radius 1 is 1.25 bits per heavy atom. The van der Waals surface area contributed by atoms with Gasteiger partial charge in [0.2, 0.25) is 0 Å². The van der Waals surface area contributed by atoms with Gasteiger partial charge in [0, 0.05) is 14.2 Å². The van der Waals surface area contributed by atoms with E-state index in [2.05, 4.69) is 0 Å². The van der Waals surface area contributed by atoms with Crippen molar-refractivity contribution >= 4 is 17.8 Å². The van der Waals surface area contributed by atoms with E-state index >= 15 is 0 Å². The average Bonchev–Trinajstić information content (AvgIpc) is 2.45. The van der Waals surface area contributed by atoms with Gasteiger partial charge in [-0.3, -0.25) is 14.5 Å². The van der Waals surface area contributed by atoms with Crippen molar-refractivity contribution in [3.05, 3.63) is 41.2 Å². The van der Waals surface area contributed by atoms with Crippen molar-refractivity contribution in [2.24, 2.45) is 0 Å². The zero-order chi connectivity index (χ0) is 14.9. The first-order chi connectivity index (χ1) is 9.51. The van der Waals surface area contributed by atoms with Gasteiger partial charge in [-0.2, -0.15) is 0 Å². The van der Waals surface area contributed by atoms with Crippen molar-refractivity contribution in [2.45, 2.75) is 12.0 Å². The second-order valence-electron chi connectivity index (χ2n) is 4.40. The number of ether oxygens (including phenoxy) is 1. The lowest BCUT2D eigenvalue weighted by Gasteiger charge is -2.34. The summed E-state index contributed by atoms with van der Waals surface area (Å²) in [5.74, 6) is -1.02. The van der Waals surface area contributed by atoms with Gasteiger partial charge in [-0.15, -0.1) is 0 Å². The van der Waals surface area contributed by atoms with E-state index in [-0.39, 0.29) is 5.57 Å². The second-order valence-corrected chi connectivity index (χ2v) is 4.40. The molecule has 5 nitrogen and oxygen atoms in total. The Balaban J connectivity index is 2.55. The van der Waals surface area contributed by atoms with Gasteiger partial charge in [0.25, 0.3) is 11.8 Å². The largest absolute Gasteiger partial charge is 0.371 e. The number of rotatable bonds is 2. The molecule has 1 aromatic carbocycles. The van der Waals surface area contributed by atoms with Crippen LogP contribution in [0.4, 0.5) is 4.39 Å². The van der Waals surface area contributed by atoms with Crippen molar-refractivity contribution in [3.8, 4) is 0 Å². The van der Waals surface area contributed by atoms with Gasteiger partial charge in [-0.1, -0.05) is 12.1 Å². The van der Waals surface area contributed by atoms with Crippen LogP contribution in [0.1, 0.15) is 11.5 Å². The minimum absolute atomic E-state index is 0.203. The summed E-state index contributed by atoms with van der Waals surface area (Å²) in [6.45, 7) is 0. The van der Waals surface area contributed by atoms with Gasteiger partial charge in [0.1, 0.15) is 23.4 Å². The molecule has 20 heavy (non-hydrogen) atoms. The fraction of sp³-hybridized carbons (Fsp3) is 0.286. The zero-order valence-electron chi connectivity index (χ0n) is 10.9. The average molecular weight is 277 g/mol. The maximum absolute atomic E-state index is 13.0. The number of carbonyl (C=O) groups is 2. The van der Waals surface area contributed by atoms with E-state index in [1.807, 2.05) is 0 Å². The number of nitrogens with zero attached hydrogens (tertiary/aromatic N) is 1. The summed E-state index contributed by atoms with van der Waals surface area (Å²) < 4.78 is 18.1. The Morgan fingerprint density at radius 3 is 2.35 bits per heavy atom. The molecule has 1 heterocycles. The first-order valence-corrected chi connectivity index (χ1v) is 5.86. The molecule has 1 aromatic rings. The number of piperidine rings is 1. The minimum atomic E-state index is -1.01. The Morgan fingerprint density at radius 2 is 1.85 bits per heavy atom. The van der Waals surface area contributed by atoms with Crippen LogP contribution < -0.4 is 0 Å². The highest BCUT2D eigenvalue weighted by Gasteiger charge is 2.45. The molecule has 0 saturated carbocycles. The molecule has 2 amide bonds. The number of hydrogen-bond acceptors (Lipinski definition) is 4. The Hall–Kier alpha value is -2.30. The van der Waals surface area contributed by atoms with Crippen LogP contribution in [0.25, 0.3) is 0 Å². The maximum atomic E-state index is 13.0. The van der Waals surface area contributed by atoms with Crippen molar-refractivity contribution in [3.63, 3.8) is 0 Å². The SMILES string of the molecule is COC1C(=O)N(C)C(=O)C(=C=O)C1c1ccc(F)cc1. The number of methoxy groups -OCH3 is 1. The van der Waals surface area contributed by atoms with E-state index in [0.717, 1.165) is 4.90 Å². The highest BCUT2D eigenvalue weighted by atomic mass is 19.1. The standard InChI is InChI=1S/C14H12FNO4/c1-16-13(18)10(7-17)11(12(20-2)14(16)19)8-3-5-9(15)6-4-8/h3-6,11-12H,1-2H3. The first-order valence-electron chi connectivity index (χ1n) is 5.86. The number of likely N-dealkylation sites (N-methyl/N-ethyl adjacent to an activating group) is 1. The van der Waals surface area contributed by atoms with Crippen molar-refractivity contribution in [1.82, 2.24) is 4.90 Å². The Bertz CT molecular complexity index is 604. The van der Waals surface area contributed by atoms with Crippen LogP contribution in [0.3, 0.4) is 0 Å². The molecular formula is C14H12FNO4. The van der Waals surface area contributed by atoms with Crippen LogP contribution in [-0.4, -0.2) is 42.9 Å². The molecule has 0 spiro atoms. The molecule has 1 aliphatic heterocycles. The lowest BCUT2D eigenvalue weighted by molar-refractivity contribution is -0.152. The van der Waals surface area contributed by atoms with Crippen LogP contribution in [0.5, 0.6) is 0 Å². The zero-order valence-corrected chi connectivity index (χ0v) is 10.9. The number of hydrogen-bond donors (Lipinski definition) is 0. The van der Waals surface area contributed by atoms with Crippen molar-refractivity contribution in [1.29, 1.82) is 0 Å². The van der Waals surface area contributed by atoms with Gasteiger partial charge >= 0.3 is 0 Å². The van der Waals surface area contributed by atoms with Crippen LogP contribution >= 0.6 is 0 Å². The molecule has 104 valence electrons. The molecule has 6 heteroatoms. The Kier molecular flexibility index (Phi) is 3.79. The lowest BCUT2D eigenvalue weighted by atomic mass is 9.82. The minimum Gasteiger partial charge on any atom is -0.371 e. The molecule has 0 aromatic heterocycles. The monoisotopic (exact) mass is 277 g/mol.